The number of hydrogen-bond acceptors (Lipinski definition) is 3. The molecular weight excluding hydrogens is 240 g/mol. The number of carboxylic acid groups (broad SMARTS) is 1. The van der Waals surface area contributed by atoms with E-state index in [1.165, 1.54) is 52.4 Å². The number of rotatable bonds is 7. The number of unbranched alkanes of at least 4 members (excludes halogenated alkanes) is 5. The van der Waals surface area contributed by atoms with Gasteiger partial charge in [0.25, 0.3) is 0 Å². The third-order valence-electron chi connectivity index (χ3n) is 2.04. The number of hydrogen-bond donors (Lipinski definition) is 3. The lowest BCUT2D eigenvalue weighted by atomic mass is 10.1. The first-order chi connectivity index (χ1) is 7.36. The fourth-order valence-electron chi connectivity index (χ4n) is 0.892. The Kier molecular flexibility index (Phi) is 13.5. The maximum atomic E-state index is 9.94. The number of carboxylic acids is 1. The zero-order valence-corrected chi connectivity index (χ0v) is 12.5. The van der Waals surface area contributed by atoms with Crippen LogP contribution in [-0.4, -0.2) is 21.6 Å². The molecule has 4 heteroatoms. The Labute approximate surface area is 111 Å². The summed E-state index contributed by atoms with van der Waals surface area (Å²) in [6, 6.07) is 0. The number of aliphatic carboxylic acids is 1. The Hall–Kier alpha value is 0.170. The molecule has 0 fully saturated rings. The molecule has 0 aromatic heterocycles. The van der Waals surface area contributed by atoms with Gasteiger partial charge in [-0.3, -0.25) is 4.79 Å². The highest BCUT2D eigenvalue weighted by molar-refractivity contribution is 7.82. The second kappa shape index (κ2) is 11.6. The van der Waals surface area contributed by atoms with E-state index in [9.17, 15) is 4.79 Å². The molecule has 0 radical (unpaired) electrons. The zero-order valence-electron chi connectivity index (χ0n) is 10.7. The second-order valence-electron chi connectivity index (χ2n) is 4.36. The van der Waals surface area contributed by atoms with Crippen LogP contribution in [0.3, 0.4) is 0 Å². The van der Waals surface area contributed by atoms with Crippen LogP contribution in [-0.2, 0) is 4.79 Å². The minimum Gasteiger partial charge on any atom is -0.480 e. The summed E-state index contributed by atoms with van der Waals surface area (Å²) in [6.45, 7) is 5.30. The maximum Gasteiger partial charge on any atom is 0.318 e. The first-order valence-corrected chi connectivity index (χ1v) is 7.00. The van der Waals surface area contributed by atoms with Crippen molar-refractivity contribution in [2.45, 2.75) is 64.0 Å². The van der Waals surface area contributed by atoms with Crippen LogP contribution in [0.5, 0.6) is 0 Å². The van der Waals surface area contributed by atoms with Crippen molar-refractivity contribution in [2.75, 3.05) is 5.75 Å². The van der Waals surface area contributed by atoms with Crippen molar-refractivity contribution in [1.29, 1.82) is 0 Å². The van der Waals surface area contributed by atoms with Crippen LogP contribution in [0.2, 0.25) is 0 Å². The van der Waals surface area contributed by atoms with Gasteiger partial charge in [-0.25, -0.2) is 0 Å². The van der Waals surface area contributed by atoms with Gasteiger partial charge < -0.3 is 5.11 Å². The van der Waals surface area contributed by atoms with E-state index in [2.05, 4.69) is 32.2 Å². The zero-order chi connectivity index (χ0) is 13.0. The van der Waals surface area contributed by atoms with Gasteiger partial charge in [-0.15, -0.1) is 0 Å². The van der Waals surface area contributed by atoms with Crippen LogP contribution in [0.1, 0.15) is 59.3 Å². The summed E-state index contributed by atoms with van der Waals surface area (Å²) in [7, 11) is 0. The number of thiol groups is 2. The van der Waals surface area contributed by atoms with Crippen molar-refractivity contribution in [1.82, 2.24) is 0 Å². The van der Waals surface area contributed by atoms with Gasteiger partial charge >= 0.3 is 5.97 Å². The van der Waals surface area contributed by atoms with E-state index in [4.69, 9.17) is 5.11 Å². The second-order valence-corrected chi connectivity index (χ2v) is 5.92. The Morgan fingerprint density at radius 3 is 1.81 bits per heavy atom. The Balaban J connectivity index is 0. The van der Waals surface area contributed by atoms with Gasteiger partial charge in [-0.1, -0.05) is 39.0 Å². The largest absolute Gasteiger partial charge is 0.480 e. The molecule has 0 aliphatic rings. The monoisotopic (exact) mass is 266 g/mol. The molecule has 0 aliphatic carbocycles. The van der Waals surface area contributed by atoms with E-state index < -0.39 is 10.7 Å². The molecule has 0 aliphatic heterocycles. The molecule has 1 N–H and O–H groups in total. The third kappa shape index (κ3) is 16.6. The highest BCUT2D eigenvalue weighted by atomic mass is 32.1. The molecule has 0 atom stereocenters. The molecule has 98 valence electrons. The summed E-state index contributed by atoms with van der Waals surface area (Å²) in [5.41, 5.74) is 0. The van der Waals surface area contributed by atoms with E-state index in [1.54, 1.807) is 0 Å². The molecule has 0 bridgehead atoms. The average molecular weight is 266 g/mol. The van der Waals surface area contributed by atoms with Crippen LogP contribution < -0.4 is 0 Å². The quantitative estimate of drug-likeness (QED) is 0.480. The molecular formula is C12H26O2S2. The third-order valence-corrected chi connectivity index (χ3v) is 2.54. The van der Waals surface area contributed by atoms with Crippen molar-refractivity contribution >= 4 is 31.2 Å². The molecule has 0 saturated carbocycles. The molecule has 0 aromatic rings. The Morgan fingerprint density at radius 1 is 1.12 bits per heavy atom. The predicted molar refractivity (Wildman–Crippen MR) is 77.9 cm³/mol. The van der Waals surface area contributed by atoms with Crippen molar-refractivity contribution in [3.05, 3.63) is 0 Å². The van der Waals surface area contributed by atoms with E-state index in [0.29, 0.717) is 0 Å². The summed E-state index contributed by atoms with van der Waals surface area (Å²) in [6.07, 6.45) is 8.27. The lowest BCUT2D eigenvalue weighted by Crippen LogP contribution is -2.23. The molecule has 0 unspecified atom stereocenters. The van der Waals surface area contributed by atoms with E-state index in [0.717, 1.165) is 5.75 Å². The Morgan fingerprint density at radius 2 is 1.50 bits per heavy atom. The molecule has 0 aromatic carbocycles. The van der Waals surface area contributed by atoms with Crippen LogP contribution in [0.15, 0.2) is 0 Å². The fraction of sp³-hybridized carbons (Fsp3) is 0.917. The highest BCUT2D eigenvalue weighted by Crippen LogP contribution is 2.10. The lowest BCUT2D eigenvalue weighted by molar-refractivity contribution is -0.138. The van der Waals surface area contributed by atoms with E-state index in [1.807, 2.05) is 0 Å². The van der Waals surface area contributed by atoms with E-state index >= 15 is 0 Å². The van der Waals surface area contributed by atoms with Gasteiger partial charge in [-0.05, 0) is 26.0 Å². The van der Waals surface area contributed by atoms with Crippen molar-refractivity contribution in [3.63, 3.8) is 0 Å². The number of carbonyl (C=O) groups is 1. The van der Waals surface area contributed by atoms with Gasteiger partial charge in [0, 0.05) is 0 Å². The summed E-state index contributed by atoms with van der Waals surface area (Å²) in [5.74, 6) is 0.169. The van der Waals surface area contributed by atoms with Gasteiger partial charge in [0.15, 0.2) is 0 Å². The van der Waals surface area contributed by atoms with Gasteiger partial charge in [0.05, 0.1) is 0 Å². The van der Waals surface area contributed by atoms with Crippen LogP contribution in [0, 0.1) is 0 Å². The fourth-order valence-corrected chi connectivity index (χ4v) is 1.12. The van der Waals surface area contributed by atoms with Crippen LogP contribution in [0.4, 0.5) is 0 Å². The maximum absolute atomic E-state index is 9.94. The van der Waals surface area contributed by atoms with Crippen LogP contribution >= 0.6 is 25.3 Å². The SMILES string of the molecule is CC(C)(S)C(=O)O.CCCCCCCCS. The topological polar surface area (TPSA) is 37.3 Å². The Bertz CT molecular complexity index is 159. The molecule has 0 spiro atoms. The summed E-state index contributed by atoms with van der Waals surface area (Å²) in [5, 5.41) is 8.17. The minimum absolute atomic E-state index is 0.889. The summed E-state index contributed by atoms with van der Waals surface area (Å²) < 4.78 is -0.889. The van der Waals surface area contributed by atoms with Gasteiger partial charge in [0.2, 0.25) is 0 Å². The minimum atomic E-state index is -0.893. The molecule has 0 heterocycles. The molecule has 0 saturated heterocycles. The van der Waals surface area contributed by atoms with Crippen molar-refractivity contribution < 1.29 is 9.90 Å². The summed E-state index contributed by atoms with van der Waals surface area (Å²) >= 11 is 7.90. The van der Waals surface area contributed by atoms with Crippen LogP contribution in [0.25, 0.3) is 0 Å². The standard InChI is InChI=1S/C8H18S.C4H8O2S/c1-2-3-4-5-6-7-8-9;1-4(2,7)3(5)6/h9H,2-8H2,1H3;7H,1-2H3,(H,5,6). The highest BCUT2D eigenvalue weighted by Gasteiger charge is 2.20. The summed E-state index contributed by atoms with van der Waals surface area (Å²) in [4.78, 5) is 9.94. The molecule has 0 amide bonds. The first-order valence-electron chi connectivity index (χ1n) is 5.92. The molecule has 16 heavy (non-hydrogen) atoms. The normalized spacial score (nSPS) is 10.6. The van der Waals surface area contributed by atoms with E-state index in [-0.39, 0.29) is 0 Å². The molecule has 2 nitrogen and oxygen atoms in total. The molecule has 0 rings (SSSR count). The smallest absolute Gasteiger partial charge is 0.318 e. The predicted octanol–water partition coefficient (Wildman–Crippen LogP) is 4.06. The van der Waals surface area contributed by atoms with Crippen molar-refractivity contribution in [2.24, 2.45) is 0 Å². The van der Waals surface area contributed by atoms with Gasteiger partial charge in [0.1, 0.15) is 4.75 Å². The first kappa shape index (κ1) is 18.5. The van der Waals surface area contributed by atoms with Gasteiger partial charge in [-0.2, -0.15) is 25.3 Å². The lowest BCUT2D eigenvalue weighted by Gasteiger charge is -2.07. The van der Waals surface area contributed by atoms with Crippen molar-refractivity contribution in [3.8, 4) is 0 Å². The average Bonchev–Trinajstić information content (AvgIpc) is 2.17.